The topological polar surface area (TPSA) is 159 Å². The number of carboxylic acids is 1. The Morgan fingerprint density at radius 3 is 2.35 bits per heavy atom. The van der Waals surface area contributed by atoms with Crippen LogP contribution in [0.2, 0.25) is 0 Å². The summed E-state index contributed by atoms with van der Waals surface area (Å²) in [6.07, 6.45) is 2.46. The molecule has 0 aromatic carbocycles. The van der Waals surface area contributed by atoms with Crippen LogP contribution in [-0.4, -0.2) is 93.1 Å². The maximum Gasteiger partial charge on any atom is 0.336 e. The maximum absolute atomic E-state index is 12.8. The molecule has 2 fully saturated rings. The summed E-state index contributed by atoms with van der Waals surface area (Å²) < 4.78 is 0. The number of nitrogens with zero attached hydrogens (tertiary/aromatic N) is 3. The van der Waals surface area contributed by atoms with Crippen LogP contribution in [0.4, 0.5) is 0 Å². The highest BCUT2D eigenvalue weighted by Gasteiger charge is 2.40. The van der Waals surface area contributed by atoms with Crippen molar-refractivity contribution in [2.24, 2.45) is 17.8 Å². The van der Waals surface area contributed by atoms with Gasteiger partial charge in [-0.2, -0.15) is 0 Å². The summed E-state index contributed by atoms with van der Waals surface area (Å²) in [4.78, 5) is 90.9. The van der Waals surface area contributed by atoms with Gasteiger partial charge in [0.25, 0.3) is 12.3 Å². The highest BCUT2D eigenvalue weighted by atomic mass is 32.2. The number of aliphatic carboxylic acids is 1. The molecule has 5 amide bonds. The van der Waals surface area contributed by atoms with Gasteiger partial charge in [-0.05, 0) is 37.5 Å². The summed E-state index contributed by atoms with van der Waals surface area (Å²) in [6.45, 7) is 3.48. The minimum atomic E-state index is -1.11. The van der Waals surface area contributed by atoms with E-state index in [1.807, 2.05) is 13.8 Å². The number of likely N-dealkylation sites (N-methyl/N-ethyl adjacent to an activating group) is 1. The molecule has 37 heavy (non-hydrogen) atoms. The van der Waals surface area contributed by atoms with Crippen LogP contribution >= 0.6 is 11.8 Å². The molecule has 1 saturated heterocycles. The zero-order valence-electron chi connectivity index (χ0n) is 21.4. The maximum atomic E-state index is 12.8. The first-order valence-electron chi connectivity index (χ1n) is 12.3. The molecule has 206 valence electrons. The number of carboxylic acid groups (broad SMARTS) is 1. The van der Waals surface area contributed by atoms with Crippen molar-refractivity contribution in [1.82, 2.24) is 14.9 Å². The molecule has 1 saturated carbocycles. The Bertz CT molecular complexity index is 902. The van der Waals surface area contributed by atoms with Gasteiger partial charge >= 0.3 is 11.9 Å². The Kier molecular flexibility index (Phi) is 11.5. The first kappa shape index (κ1) is 30.3. The minimum absolute atomic E-state index is 0.00566. The van der Waals surface area contributed by atoms with E-state index in [0.29, 0.717) is 36.5 Å². The van der Waals surface area contributed by atoms with E-state index >= 15 is 0 Å². The Morgan fingerprint density at radius 1 is 1.14 bits per heavy atom. The third kappa shape index (κ3) is 9.13. The number of thioether (sulfide) groups is 1. The fourth-order valence-corrected chi connectivity index (χ4v) is 5.43. The number of rotatable bonds is 12. The smallest absolute Gasteiger partial charge is 0.336 e. The van der Waals surface area contributed by atoms with Crippen LogP contribution in [0.25, 0.3) is 0 Å². The lowest BCUT2D eigenvalue weighted by molar-refractivity contribution is -0.201. The minimum Gasteiger partial charge on any atom is -0.480 e. The van der Waals surface area contributed by atoms with Gasteiger partial charge in [0, 0.05) is 38.6 Å². The van der Waals surface area contributed by atoms with Crippen LogP contribution in [-0.2, 0) is 38.4 Å². The Morgan fingerprint density at radius 2 is 1.78 bits per heavy atom. The van der Waals surface area contributed by atoms with E-state index < -0.39 is 35.6 Å². The molecule has 0 radical (unpaired) electrons. The zero-order chi connectivity index (χ0) is 27.7. The first-order valence-corrected chi connectivity index (χ1v) is 13.4. The fourth-order valence-electron chi connectivity index (χ4n) is 4.33. The van der Waals surface area contributed by atoms with Gasteiger partial charge in [0.2, 0.25) is 17.7 Å². The molecule has 12 nitrogen and oxygen atoms in total. The van der Waals surface area contributed by atoms with Gasteiger partial charge in [-0.3, -0.25) is 33.7 Å². The molecule has 13 heteroatoms. The highest BCUT2D eigenvalue weighted by molar-refractivity contribution is 8.00. The number of likely N-dealkylation sites (tertiary alicyclic amines) is 1. The van der Waals surface area contributed by atoms with Crippen LogP contribution in [0.5, 0.6) is 0 Å². The van der Waals surface area contributed by atoms with Crippen molar-refractivity contribution in [3.8, 4) is 0 Å². The number of imide groups is 2. The molecule has 2 rings (SSSR count). The standard InChI is InChI=1S/C24H35N3O9S/c1-15(2)10-21(31)27(14-28)36-24(35)17-6-4-16(5-7-17)12-26-20(30)11-18(23(26)34)37-9-8-19(29)25(3)13-22(32)33/h14-18H,4-13H2,1-3H3,(H,32,33). The molecule has 0 spiro atoms. The fraction of sp³-hybridized carbons (Fsp3) is 0.708. The van der Waals surface area contributed by atoms with E-state index in [0.717, 1.165) is 4.90 Å². The van der Waals surface area contributed by atoms with E-state index in [4.69, 9.17) is 9.94 Å². The van der Waals surface area contributed by atoms with Crippen LogP contribution in [0.15, 0.2) is 0 Å². The average Bonchev–Trinajstić information content (AvgIpc) is 3.09. The van der Waals surface area contributed by atoms with Crippen molar-refractivity contribution in [3.05, 3.63) is 0 Å². The lowest BCUT2D eigenvalue weighted by atomic mass is 9.82. The van der Waals surface area contributed by atoms with E-state index in [-0.39, 0.29) is 61.8 Å². The second kappa shape index (κ2) is 14.1. The second-order valence-electron chi connectivity index (χ2n) is 9.85. The molecule has 1 N–H and O–H groups in total. The Hall–Kier alpha value is -2.96. The van der Waals surface area contributed by atoms with E-state index in [9.17, 15) is 33.6 Å². The summed E-state index contributed by atoms with van der Waals surface area (Å²) in [5.74, 6) is -3.40. The van der Waals surface area contributed by atoms with Gasteiger partial charge in [0.15, 0.2) is 0 Å². The van der Waals surface area contributed by atoms with Gasteiger partial charge < -0.3 is 14.8 Å². The van der Waals surface area contributed by atoms with Gasteiger partial charge in [-0.25, -0.2) is 4.79 Å². The van der Waals surface area contributed by atoms with Crippen LogP contribution in [0, 0.1) is 17.8 Å². The molecule has 0 bridgehead atoms. The molecule has 1 atom stereocenters. The van der Waals surface area contributed by atoms with Crippen molar-refractivity contribution < 1.29 is 43.5 Å². The number of hydrogen-bond donors (Lipinski definition) is 1. The molecular formula is C24H35N3O9S. The predicted octanol–water partition coefficient (Wildman–Crippen LogP) is 1.08. The quantitative estimate of drug-likeness (QED) is 0.215. The van der Waals surface area contributed by atoms with Crippen LogP contribution < -0.4 is 0 Å². The Labute approximate surface area is 220 Å². The largest absolute Gasteiger partial charge is 0.480 e. The van der Waals surface area contributed by atoms with E-state index in [1.165, 1.54) is 23.7 Å². The summed E-state index contributed by atoms with van der Waals surface area (Å²) in [6, 6.07) is 0. The number of hydroxylamine groups is 2. The predicted molar refractivity (Wildman–Crippen MR) is 131 cm³/mol. The van der Waals surface area contributed by atoms with Gasteiger partial charge in [-0.1, -0.05) is 13.8 Å². The number of carbonyl (C=O) groups is 7. The van der Waals surface area contributed by atoms with Crippen LogP contribution in [0.1, 0.15) is 58.8 Å². The van der Waals surface area contributed by atoms with Crippen molar-refractivity contribution in [3.63, 3.8) is 0 Å². The van der Waals surface area contributed by atoms with Gasteiger partial charge in [-0.15, -0.1) is 16.8 Å². The summed E-state index contributed by atoms with van der Waals surface area (Å²) >= 11 is 1.22. The third-order valence-electron chi connectivity index (χ3n) is 6.37. The molecule has 0 aromatic rings. The molecule has 1 unspecified atom stereocenters. The Balaban J connectivity index is 1.77. The molecule has 0 aromatic heterocycles. The number of amides is 5. The van der Waals surface area contributed by atoms with Crippen molar-refractivity contribution in [1.29, 1.82) is 0 Å². The summed E-state index contributed by atoms with van der Waals surface area (Å²) in [5.41, 5.74) is 0. The summed E-state index contributed by atoms with van der Waals surface area (Å²) in [7, 11) is 1.40. The molecule has 1 aliphatic carbocycles. The molecule has 1 heterocycles. The van der Waals surface area contributed by atoms with Crippen LogP contribution in [0.3, 0.4) is 0 Å². The van der Waals surface area contributed by atoms with Gasteiger partial charge in [0.1, 0.15) is 6.54 Å². The third-order valence-corrected chi connectivity index (χ3v) is 7.58. The molecule has 1 aliphatic heterocycles. The zero-order valence-corrected chi connectivity index (χ0v) is 22.2. The van der Waals surface area contributed by atoms with E-state index in [2.05, 4.69) is 0 Å². The van der Waals surface area contributed by atoms with E-state index in [1.54, 1.807) is 0 Å². The molecular weight excluding hydrogens is 506 g/mol. The number of carbonyl (C=O) groups excluding carboxylic acids is 6. The number of hydrogen-bond acceptors (Lipinski definition) is 9. The highest BCUT2D eigenvalue weighted by Crippen LogP contribution is 2.33. The van der Waals surface area contributed by atoms with Crippen molar-refractivity contribution in [2.75, 3.05) is 25.9 Å². The summed E-state index contributed by atoms with van der Waals surface area (Å²) in [5, 5.41) is 8.63. The lowest BCUT2D eigenvalue weighted by Gasteiger charge is -2.30. The SMILES string of the molecule is CC(C)CC(=O)N(C=O)OC(=O)C1CCC(CN2C(=O)CC(SCCC(=O)N(C)CC(=O)O)C2=O)CC1. The van der Waals surface area contributed by atoms with Crippen molar-refractivity contribution in [2.45, 2.75) is 64.0 Å². The second-order valence-corrected chi connectivity index (χ2v) is 11.2. The monoisotopic (exact) mass is 541 g/mol. The van der Waals surface area contributed by atoms with Gasteiger partial charge in [0.05, 0.1) is 11.2 Å². The normalized spacial score (nSPS) is 21.6. The lowest BCUT2D eigenvalue weighted by Crippen LogP contribution is -2.39. The average molecular weight is 542 g/mol. The van der Waals surface area contributed by atoms with Crippen molar-refractivity contribution >= 4 is 53.7 Å². The molecule has 2 aliphatic rings. The first-order chi connectivity index (χ1) is 17.4.